The number of anilines is 1. The SMILES string of the molecule is C=CC[NH2+]c1c(O)cc2c(O)c1C[C@@H](C)C[C@H](OC)[C@H](O)[C@@H](C)/C=C(\C)[C@H](OC(N)=O)[C@@H](C)/C=C\C=C(/C)C(=O)N2.CC(C)(N)C(=O)Cl.CC(C)([NH3+])C(=O)[O-].CO[C@H]1C[C@H](C)CC2=C(C)C(=O)C=C(NC(=O)/C(C)=C/C=C\[C@H](C)[C@@H](OC(N)=O)/C(C)=C/[C@H](C)[C@H]1O)C2=O.Cl.[Cl-]. The Morgan fingerprint density at radius 3 is 1.53 bits per heavy atom. The summed E-state index contributed by atoms with van der Waals surface area (Å²) in [6, 6.07) is 1.33. The number of carboxylic acid groups (broad SMARTS) is 1. The lowest BCUT2D eigenvalue weighted by Gasteiger charge is -2.29. The minimum absolute atomic E-state index is 0. The molecular formula is C68H104Cl3N7O17. The van der Waals surface area contributed by atoms with E-state index in [2.05, 4.69) is 22.9 Å². The maximum absolute atomic E-state index is 13.2. The number of fused-ring (bicyclic) bond motifs is 4. The number of benzene rings is 1. The van der Waals surface area contributed by atoms with E-state index in [0.717, 1.165) is 6.08 Å². The normalized spacial score (nSPS) is 28.1. The van der Waals surface area contributed by atoms with Gasteiger partial charge >= 0.3 is 12.2 Å². The highest BCUT2D eigenvalue weighted by Gasteiger charge is 2.34. The third kappa shape index (κ3) is 29.9. The number of aromatic hydroxyl groups is 2. The van der Waals surface area contributed by atoms with Gasteiger partial charge in [0.1, 0.15) is 29.5 Å². The molecule has 0 saturated heterocycles. The predicted molar refractivity (Wildman–Crippen MR) is 361 cm³/mol. The Hall–Kier alpha value is -6.97. The zero-order valence-electron chi connectivity index (χ0n) is 57.8. The summed E-state index contributed by atoms with van der Waals surface area (Å²) in [7, 11) is 3.04. The molecule has 0 unspecified atom stereocenters. The van der Waals surface area contributed by atoms with Crippen LogP contribution in [0.3, 0.4) is 0 Å². The molecule has 0 spiro atoms. The number of halogens is 3. The third-order valence-corrected chi connectivity index (χ3v) is 16.0. The summed E-state index contributed by atoms with van der Waals surface area (Å²) in [4.78, 5) is 94.8. The van der Waals surface area contributed by atoms with E-state index >= 15 is 0 Å². The van der Waals surface area contributed by atoms with Gasteiger partial charge in [-0.3, -0.25) is 24.0 Å². The molecule has 0 saturated carbocycles. The molecule has 534 valence electrons. The zero-order valence-corrected chi connectivity index (χ0v) is 60.1. The summed E-state index contributed by atoms with van der Waals surface area (Å²) >= 11 is 4.99. The summed E-state index contributed by atoms with van der Waals surface area (Å²) in [5.74, 6) is -4.61. The molecule has 0 radical (unpaired) electrons. The number of allylic oxidation sites excluding steroid dienone is 7. The highest BCUT2D eigenvalue weighted by atomic mass is 35.5. The Balaban J connectivity index is 0. The zero-order chi connectivity index (χ0) is 71.7. The van der Waals surface area contributed by atoms with Crippen LogP contribution in [0.2, 0.25) is 0 Å². The molecule has 4 amide bonds. The fourth-order valence-electron chi connectivity index (χ4n) is 9.91. The van der Waals surface area contributed by atoms with E-state index in [1.165, 1.54) is 34.1 Å². The average molecular weight is 1400 g/mol. The molecule has 17 N–H and O–H groups in total. The molecule has 4 rings (SSSR count). The molecule has 2 aliphatic heterocycles. The van der Waals surface area contributed by atoms with Crippen molar-refractivity contribution in [1.82, 2.24) is 5.32 Å². The molecule has 95 heavy (non-hydrogen) atoms. The molecule has 1 aliphatic carbocycles. The van der Waals surface area contributed by atoms with Gasteiger partial charge in [-0.05, 0) is 129 Å². The van der Waals surface area contributed by atoms with Gasteiger partial charge in [0, 0.05) is 72.3 Å². The molecule has 12 atom stereocenters. The maximum Gasteiger partial charge on any atom is 0.405 e. The number of carbonyl (C=O) groups excluding carboxylic acids is 8. The van der Waals surface area contributed by atoms with Crippen molar-refractivity contribution in [3.05, 3.63) is 118 Å². The number of methoxy groups -OCH3 is 2. The Morgan fingerprint density at radius 1 is 0.758 bits per heavy atom. The number of aliphatic hydroxyl groups excluding tert-OH is 2. The van der Waals surface area contributed by atoms with Crippen molar-refractivity contribution in [3.8, 4) is 11.5 Å². The number of carbonyl (C=O) groups is 8. The first-order valence-corrected chi connectivity index (χ1v) is 30.9. The van der Waals surface area contributed by atoms with E-state index in [9.17, 15) is 63.9 Å². The minimum Gasteiger partial charge on any atom is -1.00 e. The molecule has 24 nitrogen and oxygen atoms in total. The fourth-order valence-corrected chi connectivity index (χ4v) is 9.91. The third-order valence-electron chi connectivity index (χ3n) is 15.5. The number of nitrogens with two attached hydrogens (primary N) is 4. The number of ether oxygens (including phenoxy) is 4. The highest BCUT2D eigenvalue weighted by Crippen LogP contribution is 2.41. The van der Waals surface area contributed by atoms with Crippen LogP contribution in [0.1, 0.15) is 129 Å². The Morgan fingerprint density at radius 2 is 1.16 bits per heavy atom. The van der Waals surface area contributed by atoms with Crippen molar-refractivity contribution in [2.75, 3.05) is 26.1 Å². The molecule has 0 aromatic heterocycles. The van der Waals surface area contributed by atoms with E-state index < -0.39 is 88.7 Å². The van der Waals surface area contributed by atoms with Gasteiger partial charge in [-0.1, -0.05) is 96.7 Å². The van der Waals surface area contributed by atoms with Crippen molar-refractivity contribution in [3.63, 3.8) is 0 Å². The summed E-state index contributed by atoms with van der Waals surface area (Å²) in [6.07, 6.45) is 11.9. The number of amides is 4. The standard InChI is InChI=1S/C31H45N3O7.C29H40N2O7.C4H8ClNO.C4H9NO2.2ClH/c1-8-12-33-26-22-13-17(2)14-25(40-7)27(36)20(5)15-21(6)29(41-31(32)39)18(3)10-9-11-19(4)30(38)34-23(28(22)37)16-24(26)35;1-15-11-21-20(6)23(32)14-22(26(21)34)31-28(35)17(3)10-8-9-16(2)27(38-29(30)36)19(5)13-18(4)25(33)24(12-15)37-7;1-4(2,6)3(5)7;1-4(2,5)3(6)7;;/h8-11,15-18,20,25,27,29,33,35-37H,1,12-14H2,2-7H3,(H2,32,39)(H,34,38);8-10,13-16,18,24-25,27,33H,11-12H2,1-7H3,(H2,30,36)(H,31,35);6H2,1-2H3;5H2,1-2H3,(H,6,7);2*1H/b10-9-,19-11+,21-15+;9-8-,17-10+,19-13+;;;;/t17-,18+,20+,25+,27-,29-;15-,16+,18+,24+,25-,27-;;;;/m11..../s1. The van der Waals surface area contributed by atoms with E-state index in [4.69, 9.17) is 47.7 Å². The average Bonchev–Trinajstić information content (AvgIpc) is 0.990. The molecule has 0 fully saturated rings. The fraction of sp³-hybridized carbons (Fsp3) is 0.529. The van der Waals surface area contributed by atoms with Crippen LogP contribution >= 0.6 is 24.0 Å². The lowest BCUT2D eigenvalue weighted by molar-refractivity contribution is -0.562. The summed E-state index contributed by atoms with van der Waals surface area (Å²) in [5.41, 5.74) is 21.1. The van der Waals surface area contributed by atoms with Gasteiger partial charge in [0.25, 0.3) is 11.8 Å². The molecule has 2 heterocycles. The van der Waals surface area contributed by atoms with Crippen LogP contribution < -0.4 is 56.4 Å². The number of nitrogens with one attached hydrogen (secondary N) is 2. The second kappa shape index (κ2) is 41.9. The number of rotatable bonds is 9. The number of phenolic OH excluding ortho intramolecular Hbond substituents is 2. The second-order valence-corrected chi connectivity index (χ2v) is 25.7. The number of phenols is 2. The van der Waals surface area contributed by atoms with Gasteiger partial charge in [-0.25, -0.2) is 9.59 Å². The lowest BCUT2D eigenvalue weighted by Crippen LogP contribution is -3.00. The van der Waals surface area contributed by atoms with Crippen LogP contribution in [-0.2, 0) is 54.1 Å². The van der Waals surface area contributed by atoms with Crippen molar-refractivity contribution < 1.29 is 106 Å². The van der Waals surface area contributed by atoms with Crippen molar-refractivity contribution in [1.29, 1.82) is 0 Å². The van der Waals surface area contributed by atoms with Crippen LogP contribution in [0.25, 0.3) is 0 Å². The molecule has 1 aromatic rings. The van der Waals surface area contributed by atoms with Crippen LogP contribution in [-0.4, -0.2) is 136 Å². The molecule has 4 bridgehead atoms. The number of quaternary nitrogens is 2. The first kappa shape index (κ1) is 90.1. The monoisotopic (exact) mass is 1400 g/mol. The van der Waals surface area contributed by atoms with Gasteiger partial charge in [0.15, 0.2) is 17.2 Å². The van der Waals surface area contributed by atoms with E-state index in [1.54, 1.807) is 89.4 Å². The van der Waals surface area contributed by atoms with Crippen LogP contribution in [0.4, 0.5) is 21.0 Å². The number of carboxylic acids is 1. The number of ketones is 2. The largest absolute Gasteiger partial charge is 1.00 e. The number of primary amides is 2. The molecular weight excluding hydrogens is 1290 g/mol. The van der Waals surface area contributed by atoms with Crippen molar-refractivity contribution in [2.45, 2.75) is 177 Å². The predicted octanol–water partition coefficient (Wildman–Crippen LogP) is 2.68. The minimum atomic E-state index is -1.12. The number of Topliss-reactive ketones (excluding diaryl/α,β-unsaturated/α-hetero) is 1. The highest BCUT2D eigenvalue weighted by molar-refractivity contribution is 6.65. The Kier molecular flexibility index (Phi) is 39.7. The van der Waals surface area contributed by atoms with Crippen LogP contribution in [0, 0.1) is 35.5 Å². The van der Waals surface area contributed by atoms with Gasteiger partial charge in [0.05, 0.1) is 53.4 Å². The molecule has 3 aliphatic rings. The van der Waals surface area contributed by atoms with Crippen LogP contribution in [0.5, 0.6) is 11.5 Å². The number of aliphatic hydroxyl groups is 2. The van der Waals surface area contributed by atoms with E-state index in [0.29, 0.717) is 70.5 Å². The van der Waals surface area contributed by atoms with Gasteiger partial charge < -0.3 is 101 Å². The van der Waals surface area contributed by atoms with Crippen molar-refractivity contribution in [2.24, 2.45) is 52.7 Å². The van der Waals surface area contributed by atoms with Crippen LogP contribution in [0.15, 0.2) is 113 Å². The first-order chi connectivity index (χ1) is 42.9. The number of hydrogen-bond donors (Lipinski definition) is 11. The Labute approximate surface area is 576 Å². The maximum atomic E-state index is 13.2. The topological polar surface area (TPSA) is 424 Å². The van der Waals surface area contributed by atoms with Crippen molar-refractivity contribution >= 4 is 82.2 Å². The second-order valence-electron chi connectivity index (χ2n) is 25.4. The summed E-state index contributed by atoms with van der Waals surface area (Å²) in [5, 5.41) is 60.8. The van der Waals surface area contributed by atoms with Gasteiger partial charge in [0.2, 0.25) is 11.0 Å². The lowest BCUT2D eigenvalue weighted by atomic mass is 9.84. The first-order valence-electron chi connectivity index (χ1n) is 30.6. The Bertz CT molecular complexity index is 3080. The van der Waals surface area contributed by atoms with E-state index in [1.807, 2.05) is 60.6 Å². The summed E-state index contributed by atoms with van der Waals surface area (Å²) < 4.78 is 22.1. The summed E-state index contributed by atoms with van der Waals surface area (Å²) in [6.45, 7) is 30.0. The van der Waals surface area contributed by atoms with Gasteiger partial charge in [-0.2, -0.15) is 0 Å². The van der Waals surface area contributed by atoms with E-state index in [-0.39, 0.29) is 95.4 Å². The number of aliphatic carboxylic acids is 1. The number of hydrogen-bond acceptors (Lipinski definition) is 18. The smallest absolute Gasteiger partial charge is 0.405 e. The van der Waals surface area contributed by atoms with Gasteiger partial charge in [-0.15, -0.1) is 12.4 Å². The molecule has 27 heteroatoms. The quantitative estimate of drug-likeness (QED) is 0.0423. The molecule has 1 aromatic carbocycles.